The highest BCUT2D eigenvalue weighted by molar-refractivity contribution is 8.02. The van der Waals surface area contributed by atoms with Crippen molar-refractivity contribution >= 4 is 17.7 Å². The highest BCUT2D eigenvalue weighted by Crippen LogP contribution is 2.16. The number of hydrogen-bond donors (Lipinski definition) is 1. The number of rotatable bonds is 3. The first-order valence-corrected chi connectivity index (χ1v) is 4.13. The molecule has 12 heavy (non-hydrogen) atoms. The highest BCUT2D eigenvalue weighted by atomic mass is 32.2. The summed E-state index contributed by atoms with van der Waals surface area (Å²) in [5.74, 6) is -0.934. The molecular weight excluding hydrogens is 174 g/mol. The third kappa shape index (κ3) is 3.21. The smallest absolute Gasteiger partial charge is 0.328 e. The molecule has 0 fully saturated rings. The first-order valence-electron chi connectivity index (χ1n) is 3.25. The molecular formula is C8H7NO2S. The molecule has 1 rings (SSSR count). The van der Waals surface area contributed by atoms with Gasteiger partial charge >= 0.3 is 5.97 Å². The molecule has 0 saturated carbocycles. The zero-order valence-electron chi connectivity index (χ0n) is 6.18. The fourth-order valence-corrected chi connectivity index (χ4v) is 1.21. The number of aromatic nitrogens is 1. The lowest BCUT2D eigenvalue weighted by atomic mass is 10.5. The van der Waals surface area contributed by atoms with Gasteiger partial charge in [-0.25, -0.2) is 4.79 Å². The van der Waals surface area contributed by atoms with Gasteiger partial charge in [-0.1, -0.05) is 11.8 Å². The van der Waals surface area contributed by atoms with E-state index in [0.29, 0.717) is 0 Å². The predicted octanol–water partition coefficient (Wildman–Crippen LogP) is 1.77. The van der Waals surface area contributed by atoms with Gasteiger partial charge in [-0.05, 0) is 17.5 Å². The second kappa shape index (κ2) is 4.56. The Hall–Kier alpha value is -1.29. The van der Waals surface area contributed by atoms with Gasteiger partial charge in [0.15, 0.2) is 0 Å². The molecule has 0 spiro atoms. The Morgan fingerprint density at radius 1 is 1.50 bits per heavy atom. The average Bonchev–Trinajstić information content (AvgIpc) is 2.05. The van der Waals surface area contributed by atoms with Crippen molar-refractivity contribution in [3.63, 3.8) is 0 Å². The molecule has 1 aromatic rings. The lowest BCUT2D eigenvalue weighted by molar-refractivity contribution is -0.131. The van der Waals surface area contributed by atoms with Crippen molar-refractivity contribution < 1.29 is 9.90 Å². The Morgan fingerprint density at radius 2 is 2.17 bits per heavy atom. The van der Waals surface area contributed by atoms with Crippen LogP contribution in [0, 0.1) is 0 Å². The summed E-state index contributed by atoms with van der Waals surface area (Å²) in [4.78, 5) is 14.9. The molecule has 3 nitrogen and oxygen atoms in total. The molecule has 0 atom stereocenters. The van der Waals surface area contributed by atoms with Crippen LogP contribution in [0.3, 0.4) is 0 Å². The van der Waals surface area contributed by atoms with Crippen LogP contribution in [-0.4, -0.2) is 16.1 Å². The summed E-state index contributed by atoms with van der Waals surface area (Å²) in [5, 5.41) is 9.80. The minimum atomic E-state index is -0.934. The van der Waals surface area contributed by atoms with Crippen LogP contribution in [0.15, 0.2) is 40.9 Å². The number of pyridine rings is 1. The van der Waals surface area contributed by atoms with Gasteiger partial charge < -0.3 is 5.11 Å². The van der Waals surface area contributed by atoms with Crippen LogP contribution < -0.4 is 0 Å². The van der Waals surface area contributed by atoms with E-state index in [9.17, 15) is 4.79 Å². The molecule has 0 bridgehead atoms. The van der Waals surface area contributed by atoms with Gasteiger partial charge in [-0.3, -0.25) is 4.98 Å². The molecule has 4 heteroatoms. The van der Waals surface area contributed by atoms with E-state index in [-0.39, 0.29) is 0 Å². The maximum Gasteiger partial charge on any atom is 0.328 e. The average molecular weight is 181 g/mol. The van der Waals surface area contributed by atoms with Gasteiger partial charge in [0.2, 0.25) is 0 Å². The fourth-order valence-electron chi connectivity index (χ4n) is 0.588. The zero-order valence-corrected chi connectivity index (χ0v) is 6.99. The third-order valence-electron chi connectivity index (χ3n) is 1.06. The molecule has 0 radical (unpaired) electrons. The number of carboxylic acids is 1. The van der Waals surface area contributed by atoms with Crippen molar-refractivity contribution in [3.05, 3.63) is 36.0 Å². The van der Waals surface area contributed by atoms with Gasteiger partial charge in [-0.15, -0.1) is 0 Å². The monoisotopic (exact) mass is 181 g/mol. The van der Waals surface area contributed by atoms with Crippen molar-refractivity contribution in [1.82, 2.24) is 4.98 Å². The second-order valence-corrected chi connectivity index (χ2v) is 2.92. The van der Waals surface area contributed by atoms with E-state index in [4.69, 9.17) is 5.11 Å². The molecule has 1 aromatic heterocycles. The summed E-state index contributed by atoms with van der Waals surface area (Å²) in [6, 6.07) is 3.63. The van der Waals surface area contributed by atoms with E-state index < -0.39 is 5.97 Å². The molecule has 0 aliphatic carbocycles. The Balaban J connectivity index is 2.49. The van der Waals surface area contributed by atoms with E-state index >= 15 is 0 Å². The maximum atomic E-state index is 10.1. The predicted molar refractivity (Wildman–Crippen MR) is 46.9 cm³/mol. The number of nitrogens with zero attached hydrogens (tertiary/aromatic N) is 1. The number of thioether (sulfide) groups is 1. The van der Waals surface area contributed by atoms with Crippen LogP contribution in [0.2, 0.25) is 0 Å². The second-order valence-electron chi connectivity index (χ2n) is 1.94. The summed E-state index contributed by atoms with van der Waals surface area (Å²) in [6.07, 6.45) is 4.43. The molecule has 62 valence electrons. The fraction of sp³-hybridized carbons (Fsp3) is 0. The molecule has 0 amide bonds. The first kappa shape index (κ1) is 8.80. The SMILES string of the molecule is O=C(O)C=CSc1ccncc1. The van der Waals surface area contributed by atoms with Crippen molar-refractivity contribution in [2.45, 2.75) is 4.90 Å². The molecule has 0 aliphatic heterocycles. The topological polar surface area (TPSA) is 50.2 Å². The van der Waals surface area contributed by atoms with Gasteiger partial charge in [0.25, 0.3) is 0 Å². The zero-order chi connectivity index (χ0) is 8.81. The quantitative estimate of drug-likeness (QED) is 0.570. The van der Waals surface area contributed by atoms with Crippen molar-refractivity contribution in [1.29, 1.82) is 0 Å². The molecule has 0 unspecified atom stereocenters. The van der Waals surface area contributed by atoms with Crippen molar-refractivity contribution in [2.75, 3.05) is 0 Å². The number of aliphatic carboxylic acids is 1. The molecule has 1 N–H and O–H groups in total. The normalized spacial score (nSPS) is 10.3. The lowest BCUT2D eigenvalue weighted by Crippen LogP contribution is -1.84. The van der Waals surface area contributed by atoms with Crippen LogP contribution >= 0.6 is 11.8 Å². The highest BCUT2D eigenvalue weighted by Gasteiger charge is 1.88. The van der Waals surface area contributed by atoms with E-state index in [2.05, 4.69) is 4.98 Å². The molecule has 0 saturated heterocycles. The summed E-state index contributed by atoms with van der Waals surface area (Å²) in [5.41, 5.74) is 0. The minimum Gasteiger partial charge on any atom is -0.478 e. The Labute approximate surface area is 74.1 Å². The van der Waals surface area contributed by atoms with E-state index in [1.807, 2.05) is 12.1 Å². The lowest BCUT2D eigenvalue weighted by Gasteiger charge is -1.91. The molecule has 0 aromatic carbocycles. The van der Waals surface area contributed by atoms with Crippen LogP contribution in [0.25, 0.3) is 0 Å². The van der Waals surface area contributed by atoms with Crippen LogP contribution in [0.5, 0.6) is 0 Å². The molecule has 1 heterocycles. The number of carbonyl (C=O) groups is 1. The summed E-state index contributed by atoms with van der Waals surface area (Å²) < 4.78 is 0. The summed E-state index contributed by atoms with van der Waals surface area (Å²) in [7, 11) is 0. The number of carboxylic acid groups (broad SMARTS) is 1. The summed E-state index contributed by atoms with van der Waals surface area (Å²) >= 11 is 1.35. The number of hydrogen-bond acceptors (Lipinski definition) is 3. The Bertz CT molecular complexity index is 284. The van der Waals surface area contributed by atoms with Gasteiger partial charge in [0.05, 0.1) is 0 Å². The molecule has 0 aliphatic rings. The van der Waals surface area contributed by atoms with Crippen molar-refractivity contribution in [2.24, 2.45) is 0 Å². The van der Waals surface area contributed by atoms with E-state index in [0.717, 1.165) is 11.0 Å². The van der Waals surface area contributed by atoms with E-state index in [1.54, 1.807) is 12.4 Å². The summed E-state index contributed by atoms with van der Waals surface area (Å²) in [6.45, 7) is 0. The minimum absolute atomic E-state index is 0.934. The van der Waals surface area contributed by atoms with Crippen molar-refractivity contribution in [3.8, 4) is 0 Å². The van der Waals surface area contributed by atoms with Gasteiger partial charge in [-0.2, -0.15) is 0 Å². The standard InChI is InChI=1S/C8H7NO2S/c10-8(11)3-6-12-7-1-4-9-5-2-7/h1-6H,(H,10,11). The Morgan fingerprint density at radius 3 is 2.75 bits per heavy atom. The van der Waals surface area contributed by atoms with Gasteiger partial charge in [0.1, 0.15) is 0 Å². The largest absolute Gasteiger partial charge is 0.478 e. The van der Waals surface area contributed by atoms with Crippen LogP contribution in [-0.2, 0) is 4.79 Å². The first-order chi connectivity index (χ1) is 5.79. The van der Waals surface area contributed by atoms with Crippen LogP contribution in [0.4, 0.5) is 0 Å². The maximum absolute atomic E-state index is 10.1. The third-order valence-corrected chi connectivity index (χ3v) is 1.88. The van der Waals surface area contributed by atoms with Crippen LogP contribution in [0.1, 0.15) is 0 Å². The van der Waals surface area contributed by atoms with Gasteiger partial charge in [0, 0.05) is 23.4 Å². The Kier molecular flexibility index (Phi) is 3.35. The van der Waals surface area contributed by atoms with E-state index in [1.165, 1.54) is 17.2 Å².